The van der Waals surface area contributed by atoms with Crippen molar-refractivity contribution in [1.29, 1.82) is 0 Å². The van der Waals surface area contributed by atoms with Crippen LogP contribution in [-0.4, -0.2) is 11.5 Å². The number of alkyl halides is 3. The van der Waals surface area contributed by atoms with Gasteiger partial charge in [0.25, 0.3) is 3.12 Å². The molecule has 78 valence electrons. The SMILES string of the molecule is O=S(=O)(c1cccc(F)c1)C(Cl)(Cl)Cl. The zero-order valence-corrected chi connectivity index (χ0v) is 9.63. The molecular weight excluding hydrogens is 273 g/mol. The molecule has 0 radical (unpaired) electrons. The van der Waals surface area contributed by atoms with Crippen molar-refractivity contribution in [3.8, 4) is 0 Å². The minimum Gasteiger partial charge on any atom is -0.219 e. The predicted molar refractivity (Wildman–Crippen MR) is 53.9 cm³/mol. The molecule has 0 amide bonds. The van der Waals surface area contributed by atoms with E-state index >= 15 is 0 Å². The van der Waals surface area contributed by atoms with Gasteiger partial charge >= 0.3 is 0 Å². The first-order valence-corrected chi connectivity index (χ1v) is 5.94. The molecule has 14 heavy (non-hydrogen) atoms. The van der Waals surface area contributed by atoms with Crippen LogP contribution in [0.3, 0.4) is 0 Å². The molecule has 0 aliphatic carbocycles. The third-order valence-corrected chi connectivity index (χ3v) is 4.72. The molecule has 1 aromatic carbocycles. The maximum absolute atomic E-state index is 12.7. The largest absolute Gasteiger partial charge is 0.296 e. The van der Waals surface area contributed by atoms with E-state index in [0.29, 0.717) is 0 Å². The lowest BCUT2D eigenvalue weighted by Gasteiger charge is -2.11. The highest BCUT2D eigenvalue weighted by atomic mass is 35.6. The van der Waals surface area contributed by atoms with Crippen LogP contribution in [0.15, 0.2) is 29.2 Å². The standard InChI is InChI=1S/C7H4Cl3FO2S/c8-7(9,10)14(12,13)6-3-1-2-5(11)4-6/h1-4H. The molecule has 0 saturated heterocycles. The van der Waals surface area contributed by atoms with Crippen molar-refractivity contribution in [3.05, 3.63) is 30.1 Å². The van der Waals surface area contributed by atoms with Crippen molar-refractivity contribution in [1.82, 2.24) is 0 Å². The Kier molecular flexibility index (Phi) is 3.31. The fourth-order valence-electron chi connectivity index (χ4n) is 0.768. The van der Waals surface area contributed by atoms with Gasteiger partial charge in [0, 0.05) is 0 Å². The summed E-state index contributed by atoms with van der Waals surface area (Å²) in [5.74, 6) is -0.708. The molecule has 1 aromatic rings. The van der Waals surface area contributed by atoms with Gasteiger partial charge in [-0.3, -0.25) is 0 Å². The van der Waals surface area contributed by atoms with E-state index < -0.39 is 18.8 Å². The smallest absolute Gasteiger partial charge is 0.219 e. The van der Waals surface area contributed by atoms with Crippen LogP contribution in [0, 0.1) is 5.82 Å². The molecule has 0 N–H and O–H groups in total. The van der Waals surface area contributed by atoms with Crippen LogP contribution < -0.4 is 0 Å². The van der Waals surface area contributed by atoms with Gasteiger partial charge in [-0.15, -0.1) is 0 Å². The van der Waals surface area contributed by atoms with E-state index in [-0.39, 0.29) is 4.90 Å². The minimum atomic E-state index is -4.14. The molecule has 0 aliphatic rings. The lowest BCUT2D eigenvalue weighted by molar-refractivity contribution is 0.591. The molecule has 0 fully saturated rings. The van der Waals surface area contributed by atoms with E-state index in [2.05, 4.69) is 0 Å². The quantitative estimate of drug-likeness (QED) is 0.740. The number of hydrogen-bond acceptors (Lipinski definition) is 2. The van der Waals surface area contributed by atoms with E-state index in [1.54, 1.807) is 0 Å². The highest BCUT2D eigenvalue weighted by molar-refractivity contribution is 7.97. The van der Waals surface area contributed by atoms with Gasteiger partial charge in [-0.25, -0.2) is 12.8 Å². The van der Waals surface area contributed by atoms with Crippen LogP contribution in [0.5, 0.6) is 0 Å². The Hall–Kier alpha value is -0.0300. The number of benzene rings is 1. The summed E-state index contributed by atoms with van der Waals surface area (Å²) < 4.78 is 33.1. The highest BCUT2D eigenvalue weighted by Gasteiger charge is 2.39. The third kappa shape index (κ3) is 2.31. The fraction of sp³-hybridized carbons (Fsp3) is 0.143. The van der Waals surface area contributed by atoms with Crippen molar-refractivity contribution < 1.29 is 12.8 Å². The molecule has 0 spiro atoms. The van der Waals surface area contributed by atoms with Crippen molar-refractivity contribution in [2.75, 3.05) is 0 Å². The molecule has 1 rings (SSSR count). The monoisotopic (exact) mass is 276 g/mol. The van der Waals surface area contributed by atoms with Gasteiger partial charge in [-0.1, -0.05) is 40.9 Å². The topological polar surface area (TPSA) is 34.1 Å². The summed E-state index contributed by atoms with van der Waals surface area (Å²) in [4.78, 5) is -0.363. The number of sulfone groups is 1. The Balaban J connectivity index is 3.32. The predicted octanol–water partition coefficient (Wildman–Crippen LogP) is 2.93. The summed E-state index contributed by atoms with van der Waals surface area (Å²) >= 11 is 15.7. The summed E-state index contributed by atoms with van der Waals surface area (Å²) in [6, 6.07) is 4.26. The molecule has 0 heterocycles. The molecule has 2 nitrogen and oxygen atoms in total. The van der Waals surface area contributed by atoms with Crippen molar-refractivity contribution in [2.45, 2.75) is 8.02 Å². The van der Waals surface area contributed by atoms with Crippen LogP contribution in [0.25, 0.3) is 0 Å². The zero-order valence-electron chi connectivity index (χ0n) is 6.55. The Labute approximate surface area is 95.5 Å². The normalized spacial score (nSPS) is 12.9. The number of hydrogen-bond donors (Lipinski definition) is 0. The molecule has 0 atom stereocenters. The molecule has 0 saturated carbocycles. The van der Waals surface area contributed by atoms with E-state index in [1.165, 1.54) is 6.07 Å². The molecule has 0 unspecified atom stereocenters. The van der Waals surface area contributed by atoms with Crippen LogP contribution in [0.2, 0.25) is 0 Å². The van der Waals surface area contributed by atoms with E-state index in [9.17, 15) is 12.8 Å². The van der Waals surface area contributed by atoms with Gasteiger partial charge in [0.15, 0.2) is 0 Å². The summed E-state index contributed by atoms with van der Waals surface area (Å²) in [7, 11) is -4.14. The molecular formula is C7H4Cl3FO2S. The average molecular weight is 278 g/mol. The van der Waals surface area contributed by atoms with Gasteiger partial charge in [0.05, 0.1) is 4.90 Å². The summed E-state index contributed by atoms with van der Waals surface area (Å²) in [5.41, 5.74) is 0. The van der Waals surface area contributed by atoms with E-state index in [1.807, 2.05) is 0 Å². The summed E-state index contributed by atoms with van der Waals surface area (Å²) in [5, 5.41) is 0. The number of halogens is 4. The third-order valence-electron chi connectivity index (χ3n) is 1.41. The summed E-state index contributed by atoms with van der Waals surface area (Å²) in [6.45, 7) is 0. The zero-order chi connectivity index (χ0) is 11.0. The van der Waals surface area contributed by atoms with Gasteiger partial charge in [0.1, 0.15) is 5.82 Å². The second-order valence-corrected chi connectivity index (χ2v) is 7.45. The first-order valence-electron chi connectivity index (χ1n) is 3.32. The van der Waals surface area contributed by atoms with Gasteiger partial charge in [0.2, 0.25) is 9.84 Å². The molecule has 7 heteroatoms. The van der Waals surface area contributed by atoms with Crippen LogP contribution in [-0.2, 0) is 9.84 Å². The fourth-order valence-corrected chi connectivity index (χ4v) is 2.36. The second-order valence-electron chi connectivity index (χ2n) is 2.41. The van der Waals surface area contributed by atoms with Gasteiger partial charge in [-0.05, 0) is 18.2 Å². The Morgan fingerprint density at radius 3 is 2.21 bits per heavy atom. The van der Waals surface area contributed by atoms with Crippen LogP contribution in [0.4, 0.5) is 4.39 Å². The van der Waals surface area contributed by atoms with Crippen LogP contribution >= 0.6 is 34.8 Å². The maximum atomic E-state index is 12.7. The Morgan fingerprint density at radius 1 is 1.21 bits per heavy atom. The Morgan fingerprint density at radius 2 is 1.79 bits per heavy atom. The number of rotatable bonds is 1. The lowest BCUT2D eigenvalue weighted by atomic mass is 10.4. The summed E-state index contributed by atoms with van der Waals surface area (Å²) in [6.07, 6.45) is 0. The molecule has 0 aromatic heterocycles. The van der Waals surface area contributed by atoms with Crippen LogP contribution in [0.1, 0.15) is 0 Å². The molecule has 0 aliphatic heterocycles. The maximum Gasteiger partial charge on any atom is 0.296 e. The van der Waals surface area contributed by atoms with Gasteiger partial charge < -0.3 is 0 Å². The molecule has 0 bridgehead atoms. The minimum absolute atomic E-state index is 0.363. The van der Waals surface area contributed by atoms with Crippen molar-refractivity contribution in [3.63, 3.8) is 0 Å². The highest BCUT2D eigenvalue weighted by Crippen LogP contribution is 2.37. The first-order chi connectivity index (χ1) is 6.25. The van der Waals surface area contributed by atoms with Gasteiger partial charge in [-0.2, -0.15) is 0 Å². The van der Waals surface area contributed by atoms with E-state index in [0.717, 1.165) is 18.2 Å². The lowest BCUT2D eigenvalue weighted by Crippen LogP contribution is -2.19. The first kappa shape index (κ1) is 12.0. The Bertz CT molecular complexity index is 438. The van der Waals surface area contributed by atoms with Crippen molar-refractivity contribution in [2.24, 2.45) is 0 Å². The van der Waals surface area contributed by atoms with E-state index in [4.69, 9.17) is 34.8 Å². The average Bonchev–Trinajstić information content (AvgIpc) is 2.02. The van der Waals surface area contributed by atoms with Crippen molar-refractivity contribution >= 4 is 44.6 Å². The second kappa shape index (κ2) is 3.85.